The van der Waals surface area contributed by atoms with Gasteiger partial charge in [-0.05, 0) is 25.5 Å². The number of ether oxygens (including phenoxy) is 1. The fraction of sp³-hybridized carbons (Fsp3) is 0.389. The summed E-state index contributed by atoms with van der Waals surface area (Å²) in [6.07, 6.45) is 1.86. The fourth-order valence-corrected chi connectivity index (χ4v) is 4.69. The average molecular weight is 392 g/mol. The van der Waals surface area contributed by atoms with Gasteiger partial charge in [0.1, 0.15) is 5.52 Å². The summed E-state index contributed by atoms with van der Waals surface area (Å²) >= 11 is 0. The summed E-state index contributed by atoms with van der Waals surface area (Å²) in [7, 11) is -1.58. The Balaban J connectivity index is 1.57. The number of esters is 1. The summed E-state index contributed by atoms with van der Waals surface area (Å²) in [4.78, 5) is 29.9. The van der Waals surface area contributed by atoms with Crippen LogP contribution in [0.3, 0.4) is 0 Å². The van der Waals surface area contributed by atoms with Gasteiger partial charge in [0, 0.05) is 25.2 Å². The van der Waals surface area contributed by atoms with E-state index in [-0.39, 0.29) is 23.4 Å². The van der Waals surface area contributed by atoms with Crippen molar-refractivity contribution in [3.05, 3.63) is 36.2 Å². The van der Waals surface area contributed by atoms with Crippen molar-refractivity contribution in [2.75, 3.05) is 18.6 Å². The maximum Gasteiger partial charge on any atom is 0.331 e. The number of amides is 1. The highest BCUT2D eigenvalue weighted by Gasteiger charge is 2.34. The molecular formula is C18H20N2O6S. The number of rotatable bonds is 5. The number of carbonyl (C=O) groups is 2. The second-order valence-electron chi connectivity index (χ2n) is 6.44. The van der Waals surface area contributed by atoms with Crippen LogP contribution in [0.1, 0.15) is 19.2 Å². The van der Waals surface area contributed by atoms with Crippen molar-refractivity contribution in [2.24, 2.45) is 0 Å². The smallest absolute Gasteiger partial charge is 0.331 e. The third kappa shape index (κ3) is 4.54. The number of likely N-dealkylation sites (N-methyl/N-ethyl adjacent to an activating group) is 1. The molecule has 1 amide bonds. The molecule has 1 aromatic carbocycles. The number of aromatic nitrogens is 1. The second kappa shape index (κ2) is 7.51. The Bertz CT molecular complexity index is 961. The van der Waals surface area contributed by atoms with Gasteiger partial charge in [0.15, 0.2) is 21.5 Å². The van der Waals surface area contributed by atoms with Gasteiger partial charge < -0.3 is 14.1 Å². The lowest BCUT2D eigenvalue weighted by Crippen LogP contribution is -2.44. The molecule has 0 unspecified atom stereocenters. The molecule has 1 fully saturated rings. The number of hydrogen-bond donors (Lipinski definition) is 0. The Morgan fingerprint density at radius 1 is 1.37 bits per heavy atom. The van der Waals surface area contributed by atoms with Gasteiger partial charge in [-0.1, -0.05) is 12.1 Å². The zero-order valence-corrected chi connectivity index (χ0v) is 15.8. The quantitative estimate of drug-likeness (QED) is 0.559. The highest BCUT2D eigenvalue weighted by atomic mass is 32.2. The fourth-order valence-electron chi connectivity index (χ4n) is 2.91. The van der Waals surface area contributed by atoms with Crippen molar-refractivity contribution >= 4 is 38.9 Å². The standard InChI is InChI=1S/C18H20N2O6S/c1-12(18(22)20(2)13-9-10-27(23,24)11-13)25-17(21)8-7-16-19-14-5-3-4-6-15(14)26-16/h3-8,12-13H,9-11H2,1-2H3/b8-7+/t12-,13+/m0/s1. The normalized spacial score (nSPS) is 20.0. The van der Waals surface area contributed by atoms with Gasteiger partial charge in [0.05, 0.1) is 11.5 Å². The maximum absolute atomic E-state index is 12.4. The Labute approximate surface area is 156 Å². The molecule has 144 valence electrons. The lowest BCUT2D eigenvalue weighted by atomic mass is 10.2. The SMILES string of the molecule is C[C@H](OC(=O)/C=C/c1nc2ccccc2o1)C(=O)N(C)[C@@H]1CCS(=O)(=O)C1. The van der Waals surface area contributed by atoms with E-state index in [1.807, 2.05) is 12.1 Å². The van der Waals surface area contributed by atoms with Gasteiger partial charge in [-0.25, -0.2) is 18.2 Å². The van der Waals surface area contributed by atoms with Gasteiger partial charge >= 0.3 is 5.97 Å². The minimum Gasteiger partial charge on any atom is -0.449 e. The second-order valence-corrected chi connectivity index (χ2v) is 8.67. The van der Waals surface area contributed by atoms with Crippen LogP contribution in [0.5, 0.6) is 0 Å². The number of hydrogen-bond acceptors (Lipinski definition) is 7. The highest BCUT2D eigenvalue weighted by molar-refractivity contribution is 7.91. The monoisotopic (exact) mass is 392 g/mol. The van der Waals surface area contributed by atoms with Crippen molar-refractivity contribution in [1.29, 1.82) is 0 Å². The molecule has 0 N–H and O–H groups in total. The van der Waals surface area contributed by atoms with E-state index in [1.165, 1.54) is 24.9 Å². The van der Waals surface area contributed by atoms with E-state index in [9.17, 15) is 18.0 Å². The van der Waals surface area contributed by atoms with E-state index in [0.717, 1.165) is 6.08 Å². The van der Waals surface area contributed by atoms with E-state index in [2.05, 4.69) is 4.98 Å². The van der Waals surface area contributed by atoms with Crippen LogP contribution in [-0.2, 0) is 24.2 Å². The van der Waals surface area contributed by atoms with Gasteiger partial charge in [0.2, 0.25) is 5.89 Å². The topological polar surface area (TPSA) is 107 Å². The molecule has 8 nitrogen and oxygen atoms in total. The summed E-state index contributed by atoms with van der Waals surface area (Å²) in [6.45, 7) is 1.45. The summed E-state index contributed by atoms with van der Waals surface area (Å²) in [6, 6.07) is 6.80. The van der Waals surface area contributed by atoms with Crippen LogP contribution in [-0.4, -0.2) is 60.9 Å². The first kappa shape index (κ1) is 19.1. The summed E-state index contributed by atoms with van der Waals surface area (Å²) in [5, 5.41) is 0. The molecule has 0 bridgehead atoms. The maximum atomic E-state index is 12.4. The summed E-state index contributed by atoms with van der Waals surface area (Å²) < 4.78 is 33.7. The zero-order valence-electron chi connectivity index (χ0n) is 15.0. The molecule has 0 radical (unpaired) electrons. The molecule has 1 saturated heterocycles. The Hall–Kier alpha value is -2.68. The molecule has 2 heterocycles. The van der Waals surface area contributed by atoms with Gasteiger partial charge in [0.25, 0.3) is 5.91 Å². The first-order valence-corrected chi connectivity index (χ1v) is 10.3. The van der Waals surface area contributed by atoms with Crippen molar-refractivity contribution in [3.63, 3.8) is 0 Å². The predicted molar refractivity (Wildman–Crippen MR) is 98.4 cm³/mol. The third-order valence-corrected chi connectivity index (χ3v) is 6.17. The van der Waals surface area contributed by atoms with E-state index < -0.39 is 27.8 Å². The van der Waals surface area contributed by atoms with Crippen LogP contribution in [0.15, 0.2) is 34.8 Å². The molecule has 1 aliphatic heterocycles. The molecule has 1 aliphatic rings. The number of sulfone groups is 1. The number of oxazole rings is 1. The zero-order chi connectivity index (χ0) is 19.6. The lowest BCUT2D eigenvalue weighted by molar-refractivity contribution is -0.155. The lowest BCUT2D eigenvalue weighted by Gasteiger charge is -2.26. The Kier molecular flexibility index (Phi) is 5.31. The number of nitrogens with zero attached hydrogens (tertiary/aromatic N) is 2. The molecule has 0 spiro atoms. The van der Waals surface area contributed by atoms with Gasteiger partial charge in [-0.3, -0.25) is 4.79 Å². The minimum absolute atomic E-state index is 0.0620. The van der Waals surface area contributed by atoms with Crippen LogP contribution < -0.4 is 0 Å². The number of para-hydroxylation sites is 2. The van der Waals surface area contributed by atoms with Crippen molar-refractivity contribution < 1.29 is 27.2 Å². The van der Waals surface area contributed by atoms with E-state index >= 15 is 0 Å². The highest BCUT2D eigenvalue weighted by Crippen LogP contribution is 2.18. The third-order valence-electron chi connectivity index (χ3n) is 4.42. The van der Waals surface area contributed by atoms with Crippen molar-refractivity contribution in [3.8, 4) is 0 Å². The van der Waals surface area contributed by atoms with Crippen LogP contribution in [0, 0.1) is 0 Å². The molecule has 2 aromatic rings. The van der Waals surface area contributed by atoms with Gasteiger partial charge in [-0.2, -0.15) is 0 Å². The van der Waals surface area contributed by atoms with Crippen LogP contribution >= 0.6 is 0 Å². The molecular weight excluding hydrogens is 372 g/mol. The number of benzene rings is 1. The van der Waals surface area contributed by atoms with Crippen LogP contribution in [0.4, 0.5) is 0 Å². The number of carbonyl (C=O) groups excluding carboxylic acids is 2. The molecule has 9 heteroatoms. The van der Waals surface area contributed by atoms with Crippen molar-refractivity contribution in [2.45, 2.75) is 25.5 Å². The molecule has 0 saturated carbocycles. The molecule has 27 heavy (non-hydrogen) atoms. The van der Waals surface area contributed by atoms with E-state index in [4.69, 9.17) is 9.15 Å². The minimum atomic E-state index is -3.10. The van der Waals surface area contributed by atoms with E-state index in [1.54, 1.807) is 12.1 Å². The summed E-state index contributed by atoms with van der Waals surface area (Å²) in [5.74, 6) is -0.906. The number of fused-ring (bicyclic) bond motifs is 1. The summed E-state index contributed by atoms with van der Waals surface area (Å²) in [5.41, 5.74) is 1.27. The average Bonchev–Trinajstić information content (AvgIpc) is 3.21. The first-order chi connectivity index (χ1) is 12.7. The molecule has 2 atom stereocenters. The van der Waals surface area contributed by atoms with Crippen LogP contribution in [0.2, 0.25) is 0 Å². The largest absolute Gasteiger partial charge is 0.449 e. The first-order valence-electron chi connectivity index (χ1n) is 8.46. The van der Waals surface area contributed by atoms with Crippen molar-refractivity contribution in [1.82, 2.24) is 9.88 Å². The molecule has 0 aliphatic carbocycles. The van der Waals surface area contributed by atoms with E-state index in [0.29, 0.717) is 17.5 Å². The van der Waals surface area contributed by atoms with Crippen LogP contribution in [0.25, 0.3) is 17.2 Å². The predicted octanol–water partition coefficient (Wildman–Crippen LogP) is 1.42. The van der Waals surface area contributed by atoms with Gasteiger partial charge in [-0.15, -0.1) is 0 Å². The Morgan fingerprint density at radius 2 is 2.11 bits per heavy atom. The molecule has 3 rings (SSSR count). The Morgan fingerprint density at radius 3 is 2.78 bits per heavy atom. The molecule has 1 aromatic heterocycles.